The van der Waals surface area contributed by atoms with Crippen molar-refractivity contribution in [3.05, 3.63) is 13.2 Å². The zero-order valence-corrected chi connectivity index (χ0v) is 15.9. The van der Waals surface area contributed by atoms with Crippen molar-refractivity contribution >= 4 is 11.6 Å². The molecule has 0 saturated heterocycles. The standard InChI is InChI=1S/C12H18O2.C6H14O2.C2H4/c13-11-5-1-9(2-6-11)10-3-7-12(14)8-4-10;1-4-7-6(3)8-5-2;1-2/h9-10H,1-8H2;6H,4-5H2,1-3H3;1-2H2. The molecule has 24 heavy (non-hydrogen) atoms. The van der Waals surface area contributed by atoms with Crippen molar-refractivity contribution in [2.24, 2.45) is 11.8 Å². The molecule has 140 valence electrons. The van der Waals surface area contributed by atoms with E-state index in [0.717, 1.165) is 76.4 Å². The molecule has 0 aromatic carbocycles. The molecule has 0 aromatic rings. The van der Waals surface area contributed by atoms with Crippen LogP contribution in [0.2, 0.25) is 0 Å². The van der Waals surface area contributed by atoms with Crippen LogP contribution in [0.3, 0.4) is 0 Å². The summed E-state index contributed by atoms with van der Waals surface area (Å²) < 4.78 is 10.1. The lowest BCUT2D eigenvalue weighted by atomic mass is 9.73. The van der Waals surface area contributed by atoms with E-state index in [4.69, 9.17) is 9.47 Å². The highest BCUT2D eigenvalue weighted by molar-refractivity contribution is 5.79. The summed E-state index contributed by atoms with van der Waals surface area (Å²) in [5.74, 6) is 2.35. The number of ketones is 2. The molecule has 2 aliphatic rings. The third-order valence-corrected chi connectivity index (χ3v) is 4.65. The van der Waals surface area contributed by atoms with Gasteiger partial charge in [0.05, 0.1) is 0 Å². The molecule has 0 spiro atoms. The smallest absolute Gasteiger partial charge is 0.154 e. The van der Waals surface area contributed by atoms with Gasteiger partial charge in [-0.2, -0.15) is 0 Å². The Hall–Kier alpha value is -1.00. The van der Waals surface area contributed by atoms with Gasteiger partial charge in [-0.1, -0.05) is 0 Å². The van der Waals surface area contributed by atoms with Crippen LogP contribution in [0.1, 0.15) is 72.1 Å². The van der Waals surface area contributed by atoms with E-state index >= 15 is 0 Å². The molecule has 2 fully saturated rings. The number of rotatable bonds is 5. The maximum Gasteiger partial charge on any atom is 0.154 e. The quantitative estimate of drug-likeness (QED) is 0.537. The number of ether oxygens (including phenoxy) is 2. The molecule has 0 aliphatic heterocycles. The minimum Gasteiger partial charge on any atom is -0.353 e. The Balaban J connectivity index is 0.000000456. The lowest BCUT2D eigenvalue weighted by molar-refractivity contribution is -0.124. The van der Waals surface area contributed by atoms with Gasteiger partial charge in [0.25, 0.3) is 0 Å². The Morgan fingerprint density at radius 2 is 1.12 bits per heavy atom. The minimum atomic E-state index is -0.0370. The number of hydrogen-bond donors (Lipinski definition) is 0. The van der Waals surface area contributed by atoms with E-state index in [2.05, 4.69) is 13.2 Å². The van der Waals surface area contributed by atoms with E-state index < -0.39 is 0 Å². The lowest BCUT2D eigenvalue weighted by Crippen LogP contribution is -2.25. The highest BCUT2D eigenvalue weighted by atomic mass is 16.7. The van der Waals surface area contributed by atoms with Gasteiger partial charge in [-0.25, -0.2) is 0 Å². The lowest BCUT2D eigenvalue weighted by Gasteiger charge is -2.31. The van der Waals surface area contributed by atoms with E-state index in [1.807, 2.05) is 20.8 Å². The second-order valence-electron chi connectivity index (χ2n) is 6.23. The molecule has 0 bridgehead atoms. The largest absolute Gasteiger partial charge is 0.353 e. The van der Waals surface area contributed by atoms with Crippen molar-refractivity contribution in [1.29, 1.82) is 0 Å². The molecule has 0 N–H and O–H groups in total. The summed E-state index contributed by atoms with van der Waals surface area (Å²) in [6.07, 6.45) is 7.43. The predicted molar refractivity (Wildman–Crippen MR) is 97.9 cm³/mol. The van der Waals surface area contributed by atoms with Gasteiger partial charge < -0.3 is 9.47 Å². The molecule has 0 amide bonds. The van der Waals surface area contributed by atoms with Crippen LogP contribution in [0.5, 0.6) is 0 Å². The minimum absolute atomic E-state index is 0.0370. The van der Waals surface area contributed by atoms with Crippen molar-refractivity contribution in [3.63, 3.8) is 0 Å². The molecule has 0 atom stereocenters. The predicted octanol–water partition coefficient (Wildman–Crippen LogP) is 4.71. The van der Waals surface area contributed by atoms with Crippen LogP contribution in [-0.2, 0) is 19.1 Å². The van der Waals surface area contributed by atoms with Crippen LogP contribution >= 0.6 is 0 Å². The summed E-state index contributed by atoms with van der Waals surface area (Å²) >= 11 is 0. The third-order valence-electron chi connectivity index (χ3n) is 4.65. The summed E-state index contributed by atoms with van der Waals surface area (Å²) in [5.41, 5.74) is 0. The fourth-order valence-electron chi connectivity index (χ4n) is 3.38. The first-order chi connectivity index (χ1) is 11.6. The van der Waals surface area contributed by atoms with E-state index in [1.54, 1.807) is 0 Å². The van der Waals surface area contributed by atoms with E-state index in [0.29, 0.717) is 11.6 Å². The average molecular weight is 341 g/mol. The van der Waals surface area contributed by atoms with Crippen LogP contribution < -0.4 is 0 Å². The van der Waals surface area contributed by atoms with E-state index in [-0.39, 0.29) is 6.29 Å². The van der Waals surface area contributed by atoms with Gasteiger partial charge in [0.2, 0.25) is 0 Å². The number of hydrogen-bond acceptors (Lipinski definition) is 4. The average Bonchev–Trinajstić information content (AvgIpc) is 2.59. The van der Waals surface area contributed by atoms with Crippen LogP contribution in [0, 0.1) is 11.8 Å². The molecular weight excluding hydrogens is 304 g/mol. The van der Waals surface area contributed by atoms with Crippen LogP contribution in [0.4, 0.5) is 0 Å². The van der Waals surface area contributed by atoms with Crippen molar-refractivity contribution in [2.75, 3.05) is 13.2 Å². The van der Waals surface area contributed by atoms with Crippen LogP contribution in [-0.4, -0.2) is 31.1 Å². The third kappa shape index (κ3) is 9.99. The van der Waals surface area contributed by atoms with Gasteiger partial charge in [0, 0.05) is 38.9 Å². The summed E-state index contributed by atoms with van der Waals surface area (Å²) in [6.45, 7) is 13.3. The molecule has 0 radical (unpaired) electrons. The Bertz CT molecular complexity index is 302. The first-order valence-corrected chi connectivity index (χ1v) is 9.33. The molecular formula is C20H36O4. The molecule has 4 nitrogen and oxygen atoms in total. The molecule has 2 rings (SSSR count). The Morgan fingerprint density at radius 3 is 1.38 bits per heavy atom. The Morgan fingerprint density at radius 1 is 0.833 bits per heavy atom. The number of carbonyl (C=O) groups is 2. The Labute approximate surface area is 148 Å². The van der Waals surface area contributed by atoms with Crippen LogP contribution in [0.15, 0.2) is 13.2 Å². The fourth-order valence-corrected chi connectivity index (χ4v) is 3.38. The second-order valence-corrected chi connectivity index (χ2v) is 6.23. The van der Waals surface area contributed by atoms with Crippen molar-refractivity contribution in [1.82, 2.24) is 0 Å². The molecule has 2 saturated carbocycles. The maximum absolute atomic E-state index is 11.1. The zero-order valence-electron chi connectivity index (χ0n) is 15.9. The molecule has 0 heterocycles. The highest BCUT2D eigenvalue weighted by Gasteiger charge is 2.29. The van der Waals surface area contributed by atoms with Gasteiger partial charge in [0.1, 0.15) is 11.6 Å². The van der Waals surface area contributed by atoms with Crippen LogP contribution in [0.25, 0.3) is 0 Å². The second kappa shape index (κ2) is 14.4. The summed E-state index contributed by atoms with van der Waals surface area (Å²) in [6, 6.07) is 0. The topological polar surface area (TPSA) is 52.6 Å². The summed E-state index contributed by atoms with van der Waals surface area (Å²) in [7, 11) is 0. The molecule has 4 heteroatoms. The molecule has 2 aliphatic carbocycles. The zero-order chi connectivity index (χ0) is 18.4. The monoisotopic (exact) mass is 340 g/mol. The first kappa shape index (κ1) is 23.0. The van der Waals surface area contributed by atoms with Gasteiger partial charge in [-0.3, -0.25) is 9.59 Å². The number of carbonyl (C=O) groups excluding carboxylic acids is 2. The first-order valence-electron chi connectivity index (χ1n) is 9.33. The van der Waals surface area contributed by atoms with E-state index in [9.17, 15) is 9.59 Å². The van der Waals surface area contributed by atoms with Gasteiger partial charge in [-0.15, -0.1) is 13.2 Å². The SMILES string of the molecule is C=C.CCOC(C)OCC.O=C1CCC(C2CCC(=O)CC2)CC1. The summed E-state index contributed by atoms with van der Waals surface area (Å²) in [5, 5.41) is 0. The Kier molecular flexibility index (Phi) is 13.8. The maximum atomic E-state index is 11.1. The molecule has 0 unspecified atom stereocenters. The van der Waals surface area contributed by atoms with Crippen molar-refractivity contribution < 1.29 is 19.1 Å². The van der Waals surface area contributed by atoms with E-state index in [1.165, 1.54) is 0 Å². The normalized spacial score (nSPS) is 19.3. The highest BCUT2D eigenvalue weighted by Crippen LogP contribution is 2.36. The number of Topliss-reactive ketones (excluding diaryl/α,β-unsaturated/α-hetero) is 2. The summed E-state index contributed by atoms with van der Waals surface area (Å²) in [4.78, 5) is 22.2. The van der Waals surface area contributed by atoms with Crippen molar-refractivity contribution in [3.8, 4) is 0 Å². The van der Waals surface area contributed by atoms with Gasteiger partial charge in [-0.05, 0) is 58.3 Å². The fraction of sp³-hybridized carbons (Fsp3) is 0.800. The van der Waals surface area contributed by atoms with Gasteiger partial charge in [0.15, 0.2) is 6.29 Å². The molecule has 0 aromatic heterocycles. The van der Waals surface area contributed by atoms with Gasteiger partial charge >= 0.3 is 0 Å². The van der Waals surface area contributed by atoms with Crippen molar-refractivity contribution in [2.45, 2.75) is 78.4 Å².